The zero-order valence-electron chi connectivity index (χ0n) is 32.8. The highest BCUT2D eigenvalue weighted by molar-refractivity contribution is 6.04. The van der Waals surface area contributed by atoms with E-state index in [9.17, 15) is 14.4 Å². The number of anilines is 2. The molecule has 1 aliphatic heterocycles. The molecule has 1 saturated heterocycles. The summed E-state index contributed by atoms with van der Waals surface area (Å²) in [7, 11) is 2.20. The second kappa shape index (κ2) is 25.1. The zero-order chi connectivity index (χ0) is 37.6. The Kier molecular flexibility index (Phi) is 22.2. The molecule has 0 radical (unpaired) electrons. The van der Waals surface area contributed by atoms with Crippen LogP contribution in [0.5, 0.6) is 0 Å². The van der Waals surface area contributed by atoms with Crippen LogP contribution in [0.1, 0.15) is 122 Å². The quantitative estimate of drug-likeness (QED) is 0.159. The molecular weight excluding hydrogens is 645 g/mol. The van der Waals surface area contributed by atoms with Crippen molar-refractivity contribution >= 4 is 35.6 Å². The van der Waals surface area contributed by atoms with E-state index in [2.05, 4.69) is 78.6 Å². The highest BCUT2D eigenvalue weighted by Crippen LogP contribution is 2.30. The first-order chi connectivity index (χ1) is 24.7. The third-order valence-corrected chi connectivity index (χ3v) is 9.40. The minimum absolute atomic E-state index is 0. The number of amides is 2. The highest BCUT2D eigenvalue weighted by atomic mass is 16.2. The maximum Gasteiger partial charge on any atom is 0.252 e. The number of nitrogens with zero attached hydrogens (tertiary/aromatic N) is 2. The number of carbonyl (C=O) groups excluding carboxylic acids is 3. The van der Waals surface area contributed by atoms with Gasteiger partial charge in [0.25, 0.3) is 5.91 Å². The summed E-state index contributed by atoms with van der Waals surface area (Å²) < 4.78 is 0. The predicted octanol–water partition coefficient (Wildman–Crippen LogP) is 10.1. The first-order valence-electron chi connectivity index (χ1n) is 19.4. The van der Waals surface area contributed by atoms with Crippen molar-refractivity contribution in [2.75, 3.05) is 43.4 Å². The molecule has 0 aromatic heterocycles. The van der Waals surface area contributed by atoms with Crippen LogP contribution in [0, 0.1) is 11.8 Å². The average Bonchev–Trinajstić information content (AvgIpc) is 3.32. The monoisotopic (exact) mass is 715 g/mol. The van der Waals surface area contributed by atoms with Crippen LogP contribution < -0.4 is 15.5 Å². The van der Waals surface area contributed by atoms with Crippen molar-refractivity contribution in [3.05, 3.63) is 89.5 Å². The number of allylic oxidation sites excluding steroid dienone is 3. The van der Waals surface area contributed by atoms with Gasteiger partial charge in [-0.05, 0) is 93.0 Å². The Bertz CT molecular complexity index is 1430. The molecule has 7 nitrogen and oxygen atoms in total. The van der Waals surface area contributed by atoms with Gasteiger partial charge in [0, 0.05) is 43.1 Å². The first kappa shape index (κ1) is 46.1. The molecule has 288 valence electrons. The molecule has 2 bridgehead atoms. The highest BCUT2D eigenvalue weighted by Gasteiger charge is 2.35. The summed E-state index contributed by atoms with van der Waals surface area (Å²) in [6.07, 6.45) is 21.0. The van der Waals surface area contributed by atoms with Gasteiger partial charge in [-0.15, -0.1) is 0 Å². The Balaban J connectivity index is 0.00000180. The van der Waals surface area contributed by atoms with Crippen LogP contribution in [0.4, 0.5) is 11.4 Å². The number of nitrogens with one attached hydrogen (secondary N) is 2. The lowest BCUT2D eigenvalue weighted by atomic mass is 9.93. The van der Waals surface area contributed by atoms with E-state index >= 15 is 0 Å². The van der Waals surface area contributed by atoms with Crippen LogP contribution >= 0.6 is 0 Å². The summed E-state index contributed by atoms with van der Waals surface area (Å²) in [6.45, 7) is 18.2. The Morgan fingerprint density at radius 2 is 1.54 bits per heavy atom. The Hall–Kier alpha value is -3.97. The average molecular weight is 715 g/mol. The van der Waals surface area contributed by atoms with E-state index in [1.807, 2.05) is 45.0 Å². The molecule has 3 unspecified atom stereocenters. The van der Waals surface area contributed by atoms with Crippen molar-refractivity contribution in [3.8, 4) is 0 Å². The molecule has 2 amide bonds. The van der Waals surface area contributed by atoms with Crippen molar-refractivity contribution in [1.82, 2.24) is 10.2 Å². The third-order valence-electron chi connectivity index (χ3n) is 9.40. The van der Waals surface area contributed by atoms with E-state index in [4.69, 9.17) is 0 Å². The van der Waals surface area contributed by atoms with Gasteiger partial charge in [0.05, 0.1) is 0 Å². The SMILES string of the molecule is C.CC.CCCC.CCCCc1ccc(C(=O)NC(C)(CCC)C(=O)Nc2ccc(/C=C/C=O)cc2)cc1N1CCN(C)CC2C=CC=CC(C2)C1. The molecule has 0 saturated carbocycles. The summed E-state index contributed by atoms with van der Waals surface area (Å²) in [5.41, 5.74) is 3.34. The first-order valence-corrected chi connectivity index (χ1v) is 19.4. The summed E-state index contributed by atoms with van der Waals surface area (Å²) in [5.74, 6) is 0.449. The fraction of sp³-hybridized carbons (Fsp3) is 0.533. The third kappa shape index (κ3) is 14.9. The number of hydrogen-bond acceptors (Lipinski definition) is 5. The van der Waals surface area contributed by atoms with Gasteiger partial charge in [-0.1, -0.05) is 123 Å². The minimum atomic E-state index is -1.10. The largest absolute Gasteiger partial charge is 0.369 e. The fourth-order valence-electron chi connectivity index (χ4n) is 6.37. The van der Waals surface area contributed by atoms with E-state index in [0.29, 0.717) is 29.5 Å². The summed E-state index contributed by atoms with van der Waals surface area (Å²) >= 11 is 0. The van der Waals surface area contributed by atoms with Crippen molar-refractivity contribution in [2.45, 2.75) is 113 Å². The smallest absolute Gasteiger partial charge is 0.252 e. The number of likely N-dealkylation sites (N-methyl/N-ethyl adjacent to an activating group) is 1. The molecule has 3 atom stereocenters. The number of benzene rings is 2. The van der Waals surface area contributed by atoms with Gasteiger partial charge in [-0.3, -0.25) is 14.4 Å². The van der Waals surface area contributed by atoms with Gasteiger partial charge < -0.3 is 20.4 Å². The lowest BCUT2D eigenvalue weighted by Gasteiger charge is -2.32. The summed E-state index contributed by atoms with van der Waals surface area (Å²) in [4.78, 5) is 43.0. The second-order valence-electron chi connectivity index (χ2n) is 13.8. The topological polar surface area (TPSA) is 81.8 Å². The van der Waals surface area contributed by atoms with Crippen molar-refractivity contribution in [1.29, 1.82) is 0 Å². The van der Waals surface area contributed by atoms with Crippen LogP contribution in [-0.2, 0) is 16.0 Å². The Morgan fingerprint density at radius 3 is 2.13 bits per heavy atom. The summed E-state index contributed by atoms with van der Waals surface area (Å²) in [6, 6.07) is 13.3. The molecule has 1 aliphatic carbocycles. The molecule has 4 rings (SSSR count). The van der Waals surface area contributed by atoms with Crippen LogP contribution in [-0.4, -0.2) is 61.8 Å². The van der Waals surface area contributed by atoms with Gasteiger partial charge in [-0.25, -0.2) is 0 Å². The fourth-order valence-corrected chi connectivity index (χ4v) is 6.37. The number of aldehydes is 1. The molecule has 52 heavy (non-hydrogen) atoms. The molecular formula is C45H70N4O3. The van der Waals surface area contributed by atoms with Crippen LogP contribution in [0.15, 0.2) is 72.8 Å². The number of unbranched alkanes of at least 4 members (excludes halogenated alkanes) is 2. The standard InChI is InChI=1S/C38H50N4O3.C4H10.C2H6.CH4/c1-5-7-14-32-17-18-33(26-35(32)42-23-22-41(4)27-30-11-8-9-12-31(25-30)28-42)36(44)40-38(3,21-6-2)37(45)39-34-19-15-29(16-20-34)13-10-24-43;1-3-4-2;1-2;/h8-13,15-20,24,26,30-31H,5-7,14,21-23,25,27-28H2,1-4H3,(H,39,45)(H,40,44);3-4H2,1-2H3;1-2H3;1H4/b13-10+;;;. The molecule has 1 heterocycles. The van der Waals surface area contributed by atoms with Crippen LogP contribution in [0.2, 0.25) is 0 Å². The van der Waals surface area contributed by atoms with E-state index in [0.717, 1.165) is 75.8 Å². The molecule has 0 spiro atoms. The van der Waals surface area contributed by atoms with E-state index < -0.39 is 5.54 Å². The zero-order valence-corrected chi connectivity index (χ0v) is 32.8. The van der Waals surface area contributed by atoms with Crippen molar-refractivity contribution in [3.63, 3.8) is 0 Å². The number of aryl methyl sites for hydroxylation is 1. The van der Waals surface area contributed by atoms with Gasteiger partial charge >= 0.3 is 0 Å². The van der Waals surface area contributed by atoms with Gasteiger partial charge in [-0.2, -0.15) is 0 Å². The number of rotatable bonds is 13. The molecule has 2 aliphatic rings. The van der Waals surface area contributed by atoms with E-state index in [-0.39, 0.29) is 19.2 Å². The van der Waals surface area contributed by atoms with Crippen molar-refractivity contribution in [2.24, 2.45) is 11.8 Å². The Morgan fingerprint density at radius 1 is 0.885 bits per heavy atom. The molecule has 1 fully saturated rings. The number of carbonyl (C=O) groups is 3. The molecule has 2 N–H and O–H groups in total. The number of hydrogen-bond donors (Lipinski definition) is 2. The minimum Gasteiger partial charge on any atom is -0.369 e. The second-order valence-corrected chi connectivity index (χ2v) is 13.8. The molecule has 2 aromatic rings. The lowest BCUT2D eigenvalue weighted by molar-refractivity contribution is -0.121. The van der Waals surface area contributed by atoms with Crippen LogP contribution in [0.25, 0.3) is 6.08 Å². The molecule has 7 heteroatoms. The maximum absolute atomic E-state index is 13.9. The lowest BCUT2D eigenvalue weighted by Crippen LogP contribution is -2.54. The van der Waals surface area contributed by atoms with E-state index in [1.54, 1.807) is 25.1 Å². The van der Waals surface area contributed by atoms with Gasteiger partial charge in [0.15, 0.2) is 0 Å². The van der Waals surface area contributed by atoms with Crippen molar-refractivity contribution < 1.29 is 14.4 Å². The maximum atomic E-state index is 13.9. The molecule has 2 aromatic carbocycles. The van der Waals surface area contributed by atoms with E-state index in [1.165, 1.54) is 24.5 Å². The van der Waals surface area contributed by atoms with Crippen LogP contribution in [0.3, 0.4) is 0 Å². The number of fused-ring (bicyclic) bond motifs is 2. The normalized spacial score (nSPS) is 18.0. The van der Waals surface area contributed by atoms with Gasteiger partial charge in [0.1, 0.15) is 11.8 Å². The predicted molar refractivity (Wildman–Crippen MR) is 224 cm³/mol. The summed E-state index contributed by atoms with van der Waals surface area (Å²) in [5, 5.41) is 6.08. The Labute approximate surface area is 317 Å². The van der Waals surface area contributed by atoms with Gasteiger partial charge in [0.2, 0.25) is 5.91 Å².